The monoisotopic (exact) mass is 375 g/mol. The van der Waals surface area contributed by atoms with E-state index in [9.17, 15) is 9.59 Å². The molecule has 2 aliphatic heterocycles. The van der Waals surface area contributed by atoms with E-state index < -0.39 is 0 Å². The summed E-state index contributed by atoms with van der Waals surface area (Å²) >= 11 is 0. The lowest BCUT2D eigenvalue weighted by molar-refractivity contribution is -0.167. The number of nitrogens with zero attached hydrogens (tertiary/aromatic N) is 2. The van der Waals surface area contributed by atoms with Crippen molar-refractivity contribution in [1.82, 2.24) is 15.1 Å². The normalized spacial score (nSPS) is 19.3. The summed E-state index contributed by atoms with van der Waals surface area (Å²) in [6.45, 7) is 7.01. The summed E-state index contributed by atoms with van der Waals surface area (Å²) in [6.07, 6.45) is 1.49. The third kappa shape index (κ3) is 4.71. The fourth-order valence-electron chi connectivity index (χ4n) is 3.55. The molecule has 1 N–H and O–H groups in total. The van der Waals surface area contributed by atoms with Gasteiger partial charge in [-0.25, -0.2) is 4.79 Å². The smallest absolute Gasteiger partial charge is 0.317 e. The molecule has 0 radical (unpaired) electrons. The lowest BCUT2D eigenvalue weighted by atomic mass is 9.89. The molecule has 0 aromatic heterocycles. The lowest BCUT2D eigenvalue weighted by Gasteiger charge is -2.46. The molecule has 148 valence electrons. The van der Waals surface area contributed by atoms with E-state index >= 15 is 0 Å². The molecule has 0 saturated carbocycles. The Labute approximate surface area is 160 Å². The number of nitrogens with one attached hydrogen (secondary N) is 1. The first-order valence-corrected chi connectivity index (χ1v) is 9.49. The van der Waals surface area contributed by atoms with Crippen LogP contribution in [0.3, 0.4) is 0 Å². The second kappa shape index (κ2) is 8.17. The summed E-state index contributed by atoms with van der Waals surface area (Å²) in [4.78, 5) is 27.5. The first-order chi connectivity index (χ1) is 12.9. The number of aryl methyl sites for hydroxylation is 2. The standard InChI is InChI=1S/C20H29N3O4/c1-15-4-5-17(12-16(15)2)26-11-8-21-19(25)23-9-6-20(7-10-23)14-22(3)18(24)13-27-20/h4-5,12H,6-11,13-14H2,1-3H3,(H,21,25). The van der Waals surface area contributed by atoms with Gasteiger partial charge in [0.2, 0.25) is 5.91 Å². The number of urea groups is 1. The predicted molar refractivity (Wildman–Crippen MR) is 102 cm³/mol. The van der Waals surface area contributed by atoms with Crippen LogP contribution in [0.4, 0.5) is 4.79 Å². The Morgan fingerprint density at radius 2 is 2.00 bits per heavy atom. The zero-order valence-electron chi connectivity index (χ0n) is 16.4. The topological polar surface area (TPSA) is 71.1 Å². The zero-order chi connectivity index (χ0) is 19.4. The summed E-state index contributed by atoms with van der Waals surface area (Å²) in [5, 5.41) is 2.91. The predicted octanol–water partition coefficient (Wildman–Crippen LogP) is 1.72. The maximum Gasteiger partial charge on any atom is 0.317 e. The van der Waals surface area contributed by atoms with Crippen molar-refractivity contribution >= 4 is 11.9 Å². The molecular weight excluding hydrogens is 346 g/mol. The van der Waals surface area contributed by atoms with Crippen LogP contribution in [0.25, 0.3) is 0 Å². The maximum absolute atomic E-state index is 12.3. The highest BCUT2D eigenvalue weighted by Crippen LogP contribution is 2.30. The van der Waals surface area contributed by atoms with E-state index in [1.807, 2.05) is 18.2 Å². The van der Waals surface area contributed by atoms with Crippen LogP contribution < -0.4 is 10.1 Å². The Morgan fingerprint density at radius 3 is 2.67 bits per heavy atom. The fourth-order valence-corrected chi connectivity index (χ4v) is 3.55. The quantitative estimate of drug-likeness (QED) is 0.814. The van der Waals surface area contributed by atoms with Crippen molar-refractivity contribution in [3.05, 3.63) is 29.3 Å². The highest BCUT2D eigenvalue weighted by Gasteiger charge is 2.41. The van der Waals surface area contributed by atoms with E-state index in [0.717, 1.165) is 18.6 Å². The molecule has 2 saturated heterocycles. The van der Waals surface area contributed by atoms with Crippen molar-refractivity contribution in [1.29, 1.82) is 0 Å². The second-order valence-corrected chi connectivity index (χ2v) is 7.53. The molecule has 27 heavy (non-hydrogen) atoms. The number of hydrogen-bond donors (Lipinski definition) is 1. The number of carbonyl (C=O) groups is 2. The minimum atomic E-state index is -0.300. The number of amides is 3. The molecule has 2 fully saturated rings. The summed E-state index contributed by atoms with van der Waals surface area (Å²) in [5.74, 6) is 0.838. The maximum atomic E-state index is 12.3. The van der Waals surface area contributed by atoms with Gasteiger partial charge in [-0.15, -0.1) is 0 Å². The van der Waals surface area contributed by atoms with Crippen LogP contribution >= 0.6 is 0 Å². The Balaban J connectivity index is 1.38. The number of benzene rings is 1. The minimum absolute atomic E-state index is 0.0181. The van der Waals surface area contributed by atoms with Crippen LogP contribution in [0, 0.1) is 13.8 Å². The molecule has 1 spiro atoms. The highest BCUT2D eigenvalue weighted by atomic mass is 16.5. The van der Waals surface area contributed by atoms with Crippen LogP contribution in [-0.2, 0) is 9.53 Å². The van der Waals surface area contributed by atoms with Gasteiger partial charge in [0.1, 0.15) is 19.0 Å². The highest BCUT2D eigenvalue weighted by molar-refractivity contribution is 5.78. The van der Waals surface area contributed by atoms with Crippen LogP contribution in [0.2, 0.25) is 0 Å². The SMILES string of the molecule is Cc1ccc(OCCNC(=O)N2CCC3(CC2)CN(C)C(=O)CO3)cc1C. The number of ether oxygens (including phenoxy) is 2. The zero-order valence-corrected chi connectivity index (χ0v) is 16.4. The van der Waals surface area contributed by atoms with E-state index in [4.69, 9.17) is 9.47 Å². The fraction of sp³-hybridized carbons (Fsp3) is 0.600. The van der Waals surface area contributed by atoms with Gasteiger partial charge in [-0.2, -0.15) is 0 Å². The number of likely N-dealkylation sites (N-methyl/N-ethyl adjacent to an activating group) is 1. The van der Waals surface area contributed by atoms with Crippen molar-refractivity contribution < 1.29 is 19.1 Å². The van der Waals surface area contributed by atoms with Crippen LogP contribution in [0.5, 0.6) is 5.75 Å². The Morgan fingerprint density at radius 1 is 1.26 bits per heavy atom. The van der Waals surface area contributed by atoms with Gasteiger partial charge in [-0.1, -0.05) is 6.07 Å². The number of likely N-dealkylation sites (tertiary alicyclic amines) is 1. The first-order valence-electron chi connectivity index (χ1n) is 9.49. The Kier molecular flexibility index (Phi) is 5.89. The third-order valence-electron chi connectivity index (χ3n) is 5.54. The van der Waals surface area contributed by atoms with Crippen molar-refractivity contribution in [2.24, 2.45) is 0 Å². The van der Waals surface area contributed by atoms with E-state index in [0.29, 0.717) is 32.8 Å². The van der Waals surface area contributed by atoms with E-state index in [-0.39, 0.29) is 24.1 Å². The average Bonchev–Trinajstić information content (AvgIpc) is 2.65. The van der Waals surface area contributed by atoms with Crippen LogP contribution in [0.1, 0.15) is 24.0 Å². The van der Waals surface area contributed by atoms with E-state index in [1.165, 1.54) is 11.1 Å². The summed E-state index contributed by atoms with van der Waals surface area (Å²) in [5.41, 5.74) is 2.12. The molecule has 7 nitrogen and oxygen atoms in total. The molecule has 7 heteroatoms. The van der Waals surface area contributed by atoms with Gasteiger partial charge >= 0.3 is 6.03 Å². The molecule has 2 aliphatic rings. The number of hydrogen-bond acceptors (Lipinski definition) is 4. The van der Waals surface area contributed by atoms with Gasteiger partial charge in [-0.3, -0.25) is 4.79 Å². The summed E-state index contributed by atoms with van der Waals surface area (Å²) < 4.78 is 11.5. The van der Waals surface area contributed by atoms with E-state index in [1.54, 1.807) is 16.8 Å². The molecule has 0 unspecified atom stereocenters. The number of rotatable bonds is 4. The van der Waals surface area contributed by atoms with Gasteiger partial charge in [0.05, 0.1) is 12.1 Å². The molecule has 3 rings (SSSR count). The van der Waals surface area contributed by atoms with Gasteiger partial charge < -0.3 is 24.6 Å². The largest absolute Gasteiger partial charge is 0.492 e. The van der Waals surface area contributed by atoms with Crippen molar-refractivity contribution in [3.63, 3.8) is 0 Å². The average molecular weight is 375 g/mol. The summed E-state index contributed by atoms with van der Waals surface area (Å²) in [7, 11) is 1.81. The molecule has 0 atom stereocenters. The van der Waals surface area contributed by atoms with Crippen LogP contribution in [-0.4, -0.2) is 73.8 Å². The number of piperidine rings is 1. The molecular formula is C20H29N3O4. The first kappa shape index (κ1) is 19.5. The van der Waals surface area contributed by atoms with Gasteiger partial charge in [0.25, 0.3) is 0 Å². The third-order valence-corrected chi connectivity index (χ3v) is 5.54. The van der Waals surface area contributed by atoms with Crippen molar-refractivity contribution in [3.8, 4) is 5.75 Å². The molecule has 3 amide bonds. The number of morpholine rings is 1. The molecule has 1 aromatic carbocycles. The summed E-state index contributed by atoms with van der Waals surface area (Å²) in [6, 6.07) is 5.91. The van der Waals surface area contributed by atoms with Crippen molar-refractivity contribution in [2.75, 3.05) is 46.4 Å². The second-order valence-electron chi connectivity index (χ2n) is 7.53. The van der Waals surface area contributed by atoms with E-state index in [2.05, 4.69) is 19.2 Å². The molecule has 0 bridgehead atoms. The Hall–Kier alpha value is -2.28. The van der Waals surface area contributed by atoms with Gasteiger partial charge in [0.15, 0.2) is 0 Å². The van der Waals surface area contributed by atoms with Gasteiger partial charge in [0, 0.05) is 26.7 Å². The lowest BCUT2D eigenvalue weighted by Crippen LogP contribution is -2.59. The Bertz CT molecular complexity index is 698. The molecule has 1 aromatic rings. The number of carbonyl (C=O) groups excluding carboxylic acids is 2. The van der Waals surface area contributed by atoms with Crippen LogP contribution in [0.15, 0.2) is 18.2 Å². The van der Waals surface area contributed by atoms with Crippen molar-refractivity contribution in [2.45, 2.75) is 32.3 Å². The van der Waals surface area contributed by atoms with Gasteiger partial charge in [-0.05, 0) is 49.9 Å². The molecule has 2 heterocycles. The minimum Gasteiger partial charge on any atom is -0.492 e. The molecule has 0 aliphatic carbocycles.